The number of allylic oxidation sites excluding steroid dienone is 1. The van der Waals surface area contributed by atoms with E-state index < -0.39 is 0 Å². The van der Waals surface area contributed by atoms with Gasteiger partial charge in [0.1, 0.15) is 0 Å². The Kier molecular flexibility index (Phi) is 2.15. The van der Waals surface area contributed by atoms with Crippen molar-refractivity contribution in [2.75, 3.05) is 0 Å². The lowest BCUT2D eigenvalue weighted by Crippen LogP contribution is -1.84. The molecular formula is C8H14O. The number of ether oxygens (including phenoxy) is 1. The molecule has 0 N–H and O–H groups in total. The Morgan fingerprint density at radius 3 is 2.78 bits per heavy atom. The van der Waals surface area contributed by atoms with E-state index in [0.717, 1.165) is 6.42 Å². The minimum atomic E-state index is 0.562. The summed E-state index contributed by atoms with van der Waals surface area (Å²) in [5.41, 5.74) is 1.34. The zero-order valence-electron chi connectivity index (χ0n) is 6.18. The van der Waals surface area contributed by atoms with Crippen molar-refractivity contribution in [2.45, 2.75) is 39.2 Å². The highest BCUT2D eigenvalue weighted by atomic mass is 16.5. The molecule has 1 aliphatic rings. The highest BCUT2D eigenvalue weighted by Crippen LogP contribution is 2.24. The molecule has 0 amide bonds. The minimum Gasteiger partial charge on any atom is -0.498 e. The summed E-state index contributed by atoms with van der Waals surface area (Å²) in [7, 11) is 0. The highest BCUT2D eigenvalue weighted by molar-refractivity contribution is 4.92. The van der Waals surface area contributed by atoms with Crippen LogP contribution < -0.4 is 0 Å². The molecule has 0 aromatic rings. The first-order valence-electron chi connectivity index (χ1n) is 3.64. The van der Waals surface area contributed by atoms with Crippen molar-refractivity contribution < 1.29 is 4.74 Å². The monoisotopic (exact) mass is 126 g/mol. The normalized spacial score (nSPS) is 20.0. The number of hydrogen-bond acceptors (Lipinski definition) is 1. The molecule has 1 nitrogen and oxygen atoms in total. The Labute approximate surface area is 56.7 Å². The molecule has 0 bridgehead atoms. The van der Waals surface area contributed by atoms with Crippen molar-refractivity contribution in [3.8, 4) is 0 Å². The summed E-state index contributed by atoms with van der Waals surface area (Å²) in [6.07, 6.45) is 6.08. The summed E-state index contributed by atoms with van der Waals surface area (Å²) in [5, 5.41) is 0. The predicted octanol–water partition coefficient (Wildman–Crippen LogP) is 2.48. The maximum absolute atomic E-state index is 5.34. The fraction of sp³-hybridized carbons (Fsp3) is 0.750. The summed E-state index contributed by atoms with van der Waals surface area (Å²) >= 11 is 0. The lowest BCUT2D eigenvalue weighted by atomic mass is 10.3. The second kappa shape index (κ2) is 2.90. The molecule has 0 saturated heterocycles. The van der Waals surface area contributed by atoms with E-state index in [0.29, 0.717) is 6.10 Å². The van der Waals surface area contributed by atoms with Crippen LogP contribution in [0.1, 0.15) is 33.1 Å². The molecule has 0 radical (unpaired) electrons. The van der Waals surface area contributed by atoms with Crippen LogP contribution in [0.15, 0.2) is 11.8 Å². The lowest BCUT2D eigenvalue weighted by Gasteiger charge is -1.97. The molecule has 0 heterocycles. The zero-order chi connectivity index (χ0) is 6.69. The Morgan fingerprint density at radius 2 is 2.33 bits per heavy atom. The fourth-order valence-electron chi connectivity index (χ4n) is 0.500. The third-order valence-electron chi connectivity index (χ3n) is 1.54. The maximum Gasteiger partial charge on any atom is 0.0981 e. The van der Waals surface area contributed by atoms with Crippen LogP contribution in [0, 0.1) is 0 Å². The van der Waals surface area contributed by atoms with Gasteiger partial charge in [0.2, 0.25) is 0 Å². The Morgan fingerprint density at radius 1 is 1.67 bits per heavy atom. The second-order valence-corrected chi connectivity index (χ2v) is 2.65. The third kappa shape index (κ3) is 2.54. The maximum atomic E-state index is 5.34. The van der Waals surface area contributed by atoms with Crippen LogP contribution in [0.4, 0.5) is 0 Å². The molecule has 0 atom stereocenters. The molecule has 1 saturated carbocycles. The average molecular weight is 126 g/mol. The van der Waals surface area contributed by atoms with Gasteiger partial charge in [0.15, 0.2) is 0 Å². The number of rotatable bonds is 3. The molecule has 0 aromatic carbocycles. The van der Waals surface area contributed by atoms with Crippen LogP contribution in [0.5, 0.6) is 0 Å². The molecule has 0 unspecified atom stereocenters. The van der Waals surface area contributed by atoms with Gasteiger partial charge in [-0.2, -0.15) is 0 Å². The Hall–Kier alpha value is -0.460. The van der Waals surface area contributed by atoms with Crippen LogP contribution in [-0.2, 0) is 4.74 Å². The van der Waals surface area contributed by atoms with Crippen molar-refractivity contribution in [3.63, 3.8) is 0 Å². The van der Waals surface area contributed by atoms with Crippen molar-refractivity contribution in [2.24, 2.45) is 0 Å². The summed E-state index contributed by atoms with van der Waals surface area (Å²) in [5.74, 6) is 0. The van der Waals surface area contributed by atoms with E-state index >= 15 is 0 Å². The first-order chi connectivity index (χ1) is 4.33. The van der Waals surface area contributed by atoms with Crippen LogP contribution >= 0.6 is 0 Å². The summed E-state index contributed by atoms with van der Waals surface area (Å²) in [6, 6.07) is 0. The van der Waals surface area contributed by atoms with Gasteiger partial charge in [0.25, 0.3) is 0 Å². The molecule has 0 aromatic heterocycles. The first-order valence-corrected chi connectivity index (χ1v) is 3.64. The van der Waals surface area contributed by atoms with Crippen LogP contribution in [0.3, 0.4) is 0 Å². The van der Waals surface area contributed by atoms with E-state index in [4.69, 9.17) is 4.74 Å². The van der Waals surface area contributed by atoms with Crippen LogP contribution in [0.25, 0.3) is 0 Å². The standard InChI is InChI=1S/C8H14O/c1-3-7(2)6-9-8-4-5-8/h6,8H,3-5H2,1-2H3. The van der Waals surface area contributed by atoms with Gasteiger partial charge in [0, 0.05) is 0 Å². The average Bonchev–Trinajstić information content (AvgIpc) is 2.65. The van der Waals surface area contributed by atoms with Crippen molar-refractivity contribution in [3.05, 3.63) is 11.8 Å². The molecular weight excluding hydrogens is 112 g/mol. The molecule has 0 spiro atoms. The molecule has 1 aliphatic carbocycles. The quantitative estimate of drug-likeness (QED) is 0.528. The van der Waals surface area contributed by atoms with E-state index in [-0.39, 0.29) is 0 Å². The smallest absolute Gasteiger partial charge is 0.0981 e. The molecule has 1 heteroatoms. The van der Waals surface area contributed by atoms with Gasteiger partial charge in [-0.15, -0.1) is 0 Å². The van der Waals surface area contributed by atoms with Crippen LogP contribution in [0.2, 0.25) is 0 Å². The second-order valence-electron chi connectivity index (χ2n) is 2.65. The van der Waals surface area contributed by atoms with Crippen LogP contribution in [-0.4, -0.2) is 6.10 Å². The summed E-state index contributed by atoms with van der Waals surface area (Å²) in [6.45, 7) is 4.24. The Bertz CT molecular complexity index is 112. The van der Waals surface area contributed by atoms with E-state index in [1.807, 2.05) is 6.26 Å². The first kappa shape index (κ1) is 6.66. The predicted molar refractivity (Wildman–Crippen MR) is 38.2 cm³/mol. The molecule has 52 valence electrons. The van der Waals surface area contributed by atoms with Gasteiger partial charge in [-0.05, 0) is 31.8 Å². The van der Waals surface area contributed by atoms with Gasteiger partial charge < -0.3 is 4.74 Å². The fourth-order valence-corrected chi connectivity index (χ4v) is 0.500. The lowest BCUT2D eigenvalue weighted by molar-refractivity contribution is 0.230. The van der Waals surface area contributed by atoms with Crippen molar-refractivity contribution >= 4 is 0 Å². The third-order valence-corrected chi connectivity index (χ3v) is 1.54. The van der Waals surface area contributed by atoms with Crippen molar-refractivity contribution in [1.29, 1.82) is 0 Å². The molecule has 0 aliphatic heterocycles. The molecule has 1 rings (SSSR count). The largest absolute Gasteiger partial charge is 0.498 e. The summed E-state index contributed by atoms with van der Waals surface area (Å²) < 4.78 is 5.34. The number of hydrogen-bond donors (Lipinski definition) is 0. The van der Waals surface area contributed by atoms with Gasteiger partial charge in [-0.3, -0.25) is 0 Å². The highest BCUT2D eigenvalue weighted by Gasteiger charge is 2.21. The van der Waals surface area contributed by atoms with Crippen molar-refractivity contribution in [1.82, 2.24) is 0 Å². The van der Waals surface area contributed by atoms with Gasteiger partial charge in [-0.1, -0.05) is 6.92 Å². The summed E-state index contributed by atoms with van der Waals surface area (Å²) in [4.78, 5) is 0. The minimum absolute atomic E-state index is 0.562. The molecule has 1 fully saturated rings. The molecule has 9 heavy (non-hydrogen) atoms. The van der Waals surface area contributed by atoms with Gasteiger partial charge in [0.05, 0.1) is 12.4 Å². The van der Waals surface area contributed by atoms with E-state index in [1.165, 1.54) is 18.4 Å². The zero-order valence-corrected chi connectivity index (χ0v) is 6.18. The van der Waals surface area contributed by atoms with E-state index in [9.17, 15) is 0 Å². The van der Waals surface area contributed by atoms with Gasteiger partial charge in [-0.25, -0.2) is 0 Å². The SMILES string of the molecule is CCC(C)=COC1CC1. The topological polar surface area (TPSA) is 9.23 Å². The van der Waals surface area contributed by atoms with Gasteiger partial charge >= 0.3 is 0 Å². The Balaban J connectivity index is 2.12. The van der Waals surface area contributed by atoms with E-state index in [2.05, 4.69) is 13.8 Å². The van der Waals surface area contributed by atoms with E-state index in [1.54, 1.807) is 0 Å².